The number of ether oxygens (including phenoxy) is 3. The summed E-state index contributed by atoms with van der Waals surface area (Å²) in [6, 6.07) is 11.1. The molecule has 9 nitrogen and oxygen atoms in total. The largest absolute Gasteiger partial charge is 0.497 e. The summed E-state index contributed by atoms with van der Waals surface area (Å²) in [6.45, 7) is 4.18. The number of benzene rings is 2. The molecule has 0 atom stereocenters. The van der Waals surface area contributed by atoms with Gasteiger partial charge in [0, 0.05) is 56.8 Å². The number of hydrogen-bond donors (Lipinski definition) is 0. The molecule has 1 saturated heterocycles. The summed E-state index contributed by atoms with van der Waals surface area (Å²) < 4.78 is 30.7. The lowest BCUT2D eigenvalue weighted by molar-refractivity contribution is 0.0731. The van der Waals surface area contributed by atoms with Gasteiger partial charge >= 0.3 is 0 Å². The third kappa shape index (κ3) is 5.43. The van der Waals surface area contributed by atoms with Crippen molar-refractivity contribution in [1.82, 2.24) is 19.8 Å². The van der Waals surface area contributed by atoms with Gasteiger partial charge in [0.15, 0.2) is 0 Å². The Morgan fingerprint density at radius 3 is 2.32 bits per heavy atom. The van der Waals surface area contributed by atoms with E-state index in [1.54, 1.807) is 49.5 Å². The van der Waals surface area contributed by atoms with Gasteiger partial charge in [-0.3, -0.25) is 4.79 Å². The Hall–Kier alpha value is -3.92. The van der Waals surface area contributed by atoms with Gasteiger partial charge in [-0.1, -0.05) is 6.07 Å². The van der Waals surface area contributed by atoms with Crippen LogP contribution in [0.3, 0.4) is 0 Å². The van der Waals surface area contributed by atoms with E-state index in [4.69, 9.17) is 24.2 Å². The molecule has 2 aliphatic heterocycles. The van der Waals surface area contributed by atoms with E-state index in [1.807, 2.05) is 0 Å². The average Bonchev–Trinajstić information content (AvgIpc) is 2.92. The second kappa shape index (κ2) is 10.6. The molecular formula is C27H30FN5O4. The van der Waals surface area contributed by atoms with E-state index in [0.29, 0.717) is 47.6 Å². The van der Waals surface area contributed by atoms with Gasteiger partial charge in [0.1, 0.15) is 23.1 Å². The van der Waals surface area contributed by atoms with Crippen LogP contribution in [-0.2, 0) is 13.0 Å². The summed E-state index contributed by atoms with van der Waals surface area (Å²) in [7, 11) is 5.18. The third-order valence-corrected chi connectivity index (χ3v) is 6.69. The minimum atomic E-state index is -0.400. The van der Waals surface area contributed by atoms with Crippen LogP contribution in [0.4, 0.5) is 10.3 Å². The molecule has 1 fully saturated rings. The molecule has 3 aromatic rings. The molecule has 0 N–H and O–H groups in total. The molecule has 2 aromatic carbocycles. The van der Waals surface area contributed by atoms with Crippen LogP contribution < -0.4 is 19.1 Å². The molecule has 0 aliphatic carbocycles. The molecule has 37 heavy (non-hydrogen) atoms. The summed E-state index contributed by atoms with van der Waals surface area (Å²) >= 11 is 0. The Labute approximate surface area is 215 Å². The van der Waals surface area contributed by atoms with Gasteiger partial charge in [0.25, 0.3) is 5.91 Å². The van der Waals surface area contributed by atoms with E-state index >= 15 is 0 Å². The van der Waals surface area contributed by atoms with Crippen molar-refractivity contribution in [2.75, 3.05) is 58.9 Å². The van der Waals surface area contributed by atoms with Crippen LogP contribution in [0, 0.1) is 5.82 Å². The number of carbonyl (C=O) groups excluding carboxylic acids is 1. The lowest BCUT2D eigenvalue weighted by atomic mass is 10.0. The lowest BCUT2D eigenvalue weighted by Crippen LogP contribution is -2.45. The molecule has 0 unspecified atom stereocenters. The number of methoxy groups -OCH3 is 2. The van der Waals surface area contributed by atoms with Crippen molar-refractivity contribution in [3.05, 3.63) is 65.1 Å². The van der Waals surface area contributed by atoms with E-state index in [1.165, 1.54) is 12.1 Å². The standard InChI is InChI=1S/C27H30FN5O4/c1-31-9-11-32(12-10-31)27-29-24-7-8-33(26(34)18-13-21(35-2)16-22(14-18)36-3)17-23(24)25(30-27)37-20-6-4-5-19(28)15-20/h4-6,13-16H,7-12,17H2,1-3H3. The number of rotatable bonds is 6. The highest BCUT2D eigenvalue weighted by Crippen LogP contribution is 2.33. The Morgan fingerprint density at radius 2 is 1.65 bits per heavy atom. The fourth-order valence-corrected chi connectivity index (χ4v) is 4.53. The molecule has 0 radical (unpaired) electrons. The van der Waals surface area contributed by atoms with E-state index in [-0.39, 0.29) is 12.5 Å². The van der Waals surface area contributed by atoms with Crippen molar-refractivity contribution in [1.29, 1.82) is 0 Å². The molecule has 194 valence electrons. The SMILES string of the molecule is COc1cc(OC)cc(C(=O)N2CCc3nc(N4CCN(C)CC4)nc(Oc4cccc(F)c4)c3C2)c1. The van der Waals surface area contributed by atoms with Gasteiger partial charge in [0.05, 0.1) is 32.0 Å². The molecule has 0 saturated carbocycles. The maximum absolute atomic E-state index is 13.9. The number of nitrogens with zero attached hydrogens (tertiary/aromatic N) is 5. The Bertz CT molecular complexity index is 1270. The Kier molecular flexibility index (Phi) is 7.09. The summed E-state index contributed by atoms with van der Waals surface area (Å²) in [5.74, 6) is 1.78. The minimum absolute atomic E-state index is 0.164. The monoisotopic (exact) mass is 507 g/mol. The molecule has 3 heterocycles. The van der Waals surface area contributed by atoms with Crippen LogP contribution in [-0.4, -0.2) is 79.7 Å². The van der Waals surface area contributed by atoms with Crippen molar-refractivity contribution in [2.24, 2.45) is 0 Å². The van der Waals surface area contributed by atoms with Gasteiger partial charge in [-0.25, -0.2) is 9.37 Å². The van der Waals surface area contributed by atoms with Gasteiger partial charge < -0.3 is 28.9 Å². The molecular weight excluding hydrogens is 477 g/mol. The predicted molar refractivity (Wildman–Crippen MR) is 136 cm³/mol. The second-order valence-electron chi connectivity index (χ2n) is 9.18. The topological polar surface area (TPSA) is 80.3 Å². The summed E-state index contributed by atoms with van der Waals surface area (Å²) in [5.41, 5.74) is 2.02. The number of fused-ring (bicyclic) bond motifs is 1. The molecule has 1 amide bonds. The predicted octanol–water partition coefficient (Wildman–Crippen LogP) is 3.38. The number of anilines is 1. The zero-order chi connectivity index (χ0) is 25.9. The number of carbonyl (C=O) groups is 1. The molecule has 1 aromatic heterocycles. The fourth-order valence-electron chi connectivity index (χ4n) is 4.53. The van der Waals surface area contributed by atoms with Gasteiger partial charge in [0.2, 0.25) is 11.8 Å². The zero-order valence-corrected chi connectivity index (χ0v) is 21.2. The Balaban J connectivity index is 1.47. The highest BCUT2D eigenvalue weighted by molar-refractivity contribution is 5.95. The maximum atomic E-state index is 13.9. The van der Waals surface area contributed by atoms with Crippen LogP contribution >= 0.6 is 0 Å². The normalized spacial score (nSPS) is 15.8. The van der Waals surface area contributed by atoms with Crippen molar-refractivity contribution in [3.8, 4) is 23.1 Å². The smallest absolute Gasteiger partial charge is 0.254 e. The lowest BCUT2D eigenvalue weighted by Gasteiger charge is -2.34. The highest BCUT2D eigenvalue weighted by atomic mass is 19.1. The van der Waals surface area contributed by atoms with Gasteiger partial charge in [-0.15, -0.1) is 0 Å². The zero-order valence-electron chi connectivity index (χ0n) is 21.2. The number of likely N-dealkylation sites (N-methyl/N-ethyl adjacent to an activating group) is 1. The van der Waals surface area contributed by atoms with Crippen LogP contribution in [0.2, 0.25) is 0 Å². The maximum Gasteiger partial charge on any atom is 0.254 e. The van der Waals surface area contributed by atoms with Crippen LogP contribution in [0.15, 0.2) is 42.5 Å². The van der Waals surface area contributed by atoms with E-state index < -0.39 is 5.82 Å². The first-order valence-electron chi connectivity index (χ1n) is 12.2. The first-order chi connectivity index (χ1) is 17.9. The average molecular weight is 508 g/mol. The Morgan fingerprint density at radius 1 is 0.919 bits per heavy atom. The van der Waals surface area contributed by atoms with E-state index in [0.717, 1.165) is 37.4 Å². The number of halogens is 1. The van der Waals surface area contributed by atoms with Crippen molar-refractivity contribution >= 4 is 11.9 Å². The first kappa shape index (κ1) is 24.8. The van der Waals surface area contributed by atoms with Gasteiger partial charge in [-0.05, 0) is 31.3 Å². The van der Waals surface area contributed by atoms with Gasteiger partial charge in [-0.2, -0.15) is 4.98 Å². The number of hydrogen-bond acceptors (Lipinski definition) is 8. The fraction of sp³-hybridized carbons (Fsp3) is 0.370. The van der Waals surface area contributed by atoms with Crippen molar-refractivity contribution in [2.45, 2.75) is 13.0 Å². The number of piperazine rings is 1. The highest BCUT2D eigenvalue weighted by Gasteiger charge is 2.29. The summed E-state index contributed by atoms with van der Waals surface area (Å²) in [5, 5.41) is 0. The number of aromatic nitrogens is 2. The minimum Gasteiger partial charge on any atom is -0.497 e. The van der Waals surface area contributed by atoms with Crippen molar-refractivity contribution < 1.29 is 23.4 Å². The first-order valence-corrected chi connectivity index (χ1v) is 12.2. The van der Waals surface area contributed by atoms with Crippen LogP contribution in [0.25, 0.3) is 0 Å². The third-order valence-electron chi connectivity index (χ3n) is 6.69. The molecule has 10 heteroatoms. The summed E-state index contributed by atoms with van der Waals surface area (Å²) in [4.78, 5) is 29.2. The second-order valence-corrected chi connectivity index (χ2v) is 9.18. The van der Waals surface area contributed by atoms with Crippen LogP contribution in [0.1, 0.15) is 21.6 Å². The molecule has 0 spiro atoms. The number of amides is 1. The quantitative estimate of drug-likeness (QED) is 0.503. The van der Waals surface area contributed by atoms with E-state index in [9.17, 15) is 9.18 Å². The molecule has 2 aliphatic rings. The van der Waals surface area contributed by atoms with Crippen molar-refractivity contribution in [3.63, 3.8) is 0 Å². The molecule has 5 rings (SSSR count). The molecule has 0 bridgehead atoms. The van der Waals surface area contributed by atoms with E-state index in [2.05, 4.69) is 16.8 Å². The van der Waals surface area contributed by atoms with Crippen LogP contribution in [0.5, 0.6) is 23.1 Å². The summed E-state index contributed by atoms with van der Waals surface area (Å²) in [6.07, 6.45) is 0.547.